The molecule has 1 saturated carbocycles. The van der Waals surface area contributed by atoms with Crippen LogP contribution in [-0.4, -0.2) is 22.4 Å². The predicted molar refractivity (Wildman–Crippen MR) is 92.6 cm³/mol. The third-order valence-corrected chi connectivity index (χ3v) is 6.37. The molecule has 1 fully saturated rings. The first-order chi connectivity index (χ1) is 10.0. The van der Waals surface area contributed by atoms with Gasteiger partial charge in [-0.2, -0.15) is 5.10 Å². The Morgan fingerprint density at radius 1 is 1.33 bits per heavy atom. The lowest BCUT2D eigenvalue weighted by Crippen LogP contribution is -2.46. The smallest absolute Gasteiger partial charge is 0.0738 e. The van der Waals surface area contributed by atoms with E-state index in [9.17, 15) is 0 Å². The molecule has 1 N–H and O–H groups in total. The Morgan fingerprint density at radius 2 is 2.00 bits per heavy atom. The van der Waals surface area contributed by atoms with E-state index in [4.69, 9.17) is 0 Å². The number of hydrogen-bond acceptors (Lipinski definition) is 2. The molecule has 1 aromatic heterocycles. The van der Waals surface area contributed by atoms with Crippen molar-refractivity contribution in [2.45, 2.75) is 71.8 Å². The molecule has 0 aromatic carbocycles. The maximum Gasteiger partial charge on any atom is 0.0738 e. The van der Waals surface area contributed by atoms with Gasteiger partial charge in [0, 0.05) is 19.5 Å². The number of hydrogen-bond donors (Lipinski definition) is 1. The van der Waals surface area contributed by atoms with Crippen LogP contribution in [0.15, 0.2) is 4.47 Å². The lowest BCUT2D eigenvalue weighted by Gasteiger charge is -2.38. The molecule has 21 heavy (non-hydrogen) atoms. The summed E-state index contributed by atoms with van der Waals surface area (Å²) >= 11 is 3.73. The topological polar surface area (TPSA) is 29.9 Å². The second-order valence-corrected chi connectivity index (χ2v) is 7.40. The third kappa shape index (κ3) is 3.53. The molecule has 0 saturated heterocycles. The molecule has 2 rings (SSSR count). The van der Waals surface area contributed by atoms with E-state index in [-0.39, 0.29) is 0 Å². The number of nitrogens with zero attached hydrogens (tertiary/aromatic N) is 2. The van der Waals surface area contributed by atoms with Crippen LogP contribution in [0, 0.1) is 12.3 Å². The Kier molecular flexibility index (Phi) is 5.89. The highest BCUT2D eigenvalue weighted by Gasteiger charge is 2.40. The Balaban J connectivity index is 2.23. The van der Waals surface area contributed by atoms with Crippen molar-refractivity contribution in [1.29, 1.82) is 0 Å². The second-order valence-electron chi connectivity index (χ2n) is 6.60. The molecular weight excluding hydrogens is 326 g/mol. The maximum atomic E-state index is 4.56. The zero-order valence-corrected chi connectivity index (χ0v) is 15.6. The van der Waals surface area contributed by atoms with Crippen LogP contribution in [0.2, 0.25) is 0 Å². The van der Waals surface area contributed by atoms with Crippen LogP contribution in [0.25, 0.3) is 0 Å². The van der Waals surface area contributed by atoms with E-state index in [1.807, 2.05) is 0 Å². The monoisotopic (exact) mass is 355 g/mol. The Labute approximate surface area is 138 Å². The fraction of sp³-hybridized carbons (Fsp3) is 0.824. The minimum atomic E-state index is 0.479. The van der Waals surface area contributed by atoms with Crippen molar-refractivity contribution in [3.63, 3.8) is 0 Å². The average molecular weight is 356 g/mol. The standard InChI is InChI=1S/C17H30BrN3/c1-5-11-19-15(17(6-2)9-7-8-10-17)12-14-16(18)13(3)20-21(14)4/h15,19H,5-12H2,1-4H3. The van der Waals surface area contributed by atoms with Crippen LogP contribution in [-0.2, 0) is 13.5 Å². The molecule has 3 nitrogen and oxygen atoms in total. The highest BCUT2D eigenvalue weighted by molar-refractivity contribution is 9.10. The highest BCUT2D eigenvalue weighted by atomic mass is 79.9. The molecule has 0 aliphatic heterocycles. The molecule has 1 aliphatic carbocycles. The molecule has 1 atom stereocenters. The van der Waals surface area contributed by atoms with Crippen LogP contribution in [0.5, 0.6) is 0 Å². The van der Waals surface area contributed by atoms with Crippen molar-refractivity contribution in [2.75, 3.05) is 6.54 Å². The SMILES string of the molecule is CCCNC(Cc1c(Br)c(C)nn1C)C1(CC)CCCC1. The predicted octanol–water partition coefficient (Wildman–Crippen LogP) is 4.37. The maximum absolute atomic E-state index is 4.56. The van der Waals surface area contributed by atoms with Crippen LogP contribution in [0.3, 0.4) is 0 Å². The largest absolute Gasteiger partial charge is 0.313 e. The van der Waals surface area contributed by atoms with Gasteiger partial charge in [-0.05, 0) is 60.5 Å². The van der Waals surface area contributed by atoms with Gasteiger partial charge in [0.15, 0.2) is 0 Å². The van der Waals surface area contributed by atoms with Crippen LogP contribution in [0.1, 0.15) is 63.8 Å². The first-order valence-corrected chi connectivity index (χ1v) is 9.24. The Bertz CT molecular complexity index is 461. The van der Waals surface area contributed by atoms with Crippen molar-refractivity contribution >= 4 is 15.9 Å². The van der Waals surface area contributed by atoms with Gasteiger partial charge in [-0.15, -0.1) is 0 Å². The van der Waals surface area contributed by atoms with Crippen LogP contribution < -0.4 is 5.32 Å². The molecule has 0 bridgehead atoms. The highest BCUT2D eigenvalue weighted by Crippen LogP contribution is 2.45. The van der Waals surface area contributed by atoms with Gasteiger partial charge in [0.2, 0.25) is 0 Å². The van der Waals surface area contributed by atoms with Crippen molar-refractivity contribution in [1.82, 2.24) is 15.1 Å². The summed E-state index contributed by atoms with van der Waals surface area (Å²) in [5.74, 6) is 0. The first kappa shape index (κ1) is 17.0. The quantitative estimate of drug-likeness (QED) is 0.786. The van der Waals surface area contributed by atoms with E-state index in [0.29, 0.717) is 11.5 Å². The second kappa shape index (κ2) is 7.28. The summed E-state index contributed by atoms with van der Waals surface area (Å²) in [6.07, 6.45) is 9.09. The molecule has 1 aromatic rings. The minimum Gasteiger partial charge on any atom is -0.313 e. The van der Waals surface area contributed by atoms with E-state index in [2.05, 4.69) is 58.8 Å². The zero-order chi connectivity index (χ0) is 15.5. The summed E-state index contributed by atoms with van der Waals surface area (Å²) < 4.78 is 3.25. The number of rotatable bonds is 7. The molecule has 1 heterocycles. The Morgan fingerprint density at radius 3 is 2.48 bits per heavy atom. The molecule has 4 heteroatoms. The number of nitrogens with one attached hydrogen (secondary N) is 1. The molecule has 120 valence electrons. The zero-order valence-electron chi connectivity index (χ0n) is 14.0. The minimum absolute atomic E-state index is 0.479. The van der Waals surface area contributed by atoms with Crippen molar-refractivity contribution in [3.05, 3.63) is 15.9 Å². The van der Waals surface area contributed by atoms with Gasteiger partial charge < -0.3 is 5.32 Å². The van der Waals surface area contributed by atoms with Gasteiger partial charge in [0.1, 0.15) is 0 Å². The summed E-state index contributed by atoms with van der Waals surface area (Å²) in [5, 5.41) is 8.41. The molecular formula is C17H30BrN3. The molecule has 1 unspecified atom stereocenters. The molecule has 1 aliphatic rings. The van der Waals surface area contributed by atoms with Gasteiger partial charge in [0.05, 0.1) is 15.9 Å². The normalized spacial score (nSPS) is 19.1. The summed E-state index contributed by atoms with van der Waals surface area (Å²) in [4.78, 5) is 0. The fourth-order valence-electron chi connectivity index (χ4n) is 3.95. The van der Waals surface area contributed by atoms with Crippen molar-refractivity contribution in [3.8, 4) is 0 Å². The van der Waals surface area contributed by atoms with E-state index in [0.717, 1.165) is 18.7 Å². The van der Waals surface area contributed by atoms with Gasteiger partial charge in [-0.3, -0.25) is 4.68 Å². The van der Waals surface area contributed by atoms with Gasteiger partial charge in [0.25, 0.3) is 0 Å². The average Bonchev–Trinajstić information content (AvgIpc) is 3.04. The van der Waals surface area contributed by atoms with Crippen LogP contribution >= 0.6 is 15.9 Å². The van der Waals surface area contributed by atoms with E-state index in [1.165, 1.54) is 48.7 Å². The lowest BCUT2D eigenvalue weighted by atomic mass is 9.74. The van der Waals surface area contributed by atoms with Gasteiger partial charge in [-0.1, -0.05) is 26.7 Å². The third-order valence-electron chi connectivity index (χ3n) is 5.34. The lowest BCUT2D eigenvalue weighted by molar-refractivity contribution is 0.182. The molecule has 0 spiro atoms. The van der Waals surface area contributed by atoms with Gasteiger partial charge >= 0.3 is 0 Å². The Hall–Kier alpha value is -0.350. The van der Waals surface area contributed by atoms with Crippen molar-refractivity contribution in [2.24, 2.45) is 12.5 Å². The fourth-order valence-corrected chi connectivity index (χ4v) is 4.44. The van der Waals surface area contributed by atoms with E-state index >= 15 is 0 Å². The number of aromatic nitrogens is 2. The summed E-state index contributed by atoms with van der Waals surface area (Å²) in [6.45, 7) is 7.81. The number of aryl methyl sites for hydroxylation is 2. The molecule has 0 radical (unpaired) electrons. The number of halogens is 1. The van der Waals surface area contributed by atoms with E-state index in [1.54, 1.807) is 0 Å². The first-order valence-electron chi connectivity index (χ1n) is 8.45. The van der Waals surface area contributed by atoms with E-state index < -0.39 is 0 Å². The summed E-state index contributed by atoms with van der Waals surface area (Å²) in [5.41, 5.74) is 2.91. The molecule has 0 amide bonds. The summed E-state index contributed by atoms with van der Waals surface area (Å²) in [6, 6.07) is 0.566. The van der Waals surface area contributed by atoms with Crippen molar-refractivity contribution < 1.29 is 0 Å². The van der Waals surface area contributed by atoms with Gasteiger partial charge in [-0.25, -0.2) is 0 Å². The summed E-state index contributed by atoms with van der Waals surface area (Å²) in [7, 11) is 2.07. The van der Waals surface area contributed by atoms with Crippen LogP contribution in [0.4, 0.5) is 0 Å².